The Morgan fingerprint density at radius 2 is 1.96 bits per heavy atom. The first-order valence-corrected chi connectivity index (χ1v) is 9.62. The third kappa shape index (κ3) is 4.20. The van der Waals surface area contributed by atoms with E-state index in [0.717, 1.165) is 39.1 Å². The van der Waals surface area contributed by atoms with Crippen LogP contribution in [0.3, 0.4) is 0 Å². The second kappa shape index (κ2) is 7.98. The fourth-order valence-electron chi connectivity index (χ4n) is 2.64. The zero-order valence-electron chi connectivity index (χ0n) is 14.4. The number of halogens is 1. The number of aryl methyl sites for hydroxylation is 1. The molecule has 0 saturated carbocycles. The third-order valence-electron chi connectivity index (χ3n) is 3.98. The van der Waals surface area contributed by atoms with E-state index in [2.05, 4.69) is 35.4 Å². The molecule has 0 aliphatic heterocycles. The van der Waals surface area contributed by atoms with Crippen molar-refractivity contribution in [1.82, 2.24) is 10.3 Å². The number of hydrogen-bond acceptors (Lipinski definition) is 2. The minimum atomic E-state index is -0.0567. The van der Waals surface area contributed by atoms with Gasteiger partial charge >= 0.3 is 0 Å². The van der Waals surface area contributed by atoms with Crippen LogP contribution in [0.5, 0.6) is 0 Å². The lowest BCUT2D eigenvalue weighted by Gasteiger charge is -2.06. The maximum atomic E-state index is 12.7. The van der Waals surface area contributed by atoms with Crippen LogP contribution in [-0.2, 0) is 0 Å². The van der Waals surface area contributed by atoms with E-state index in [1.165, 1.54) is 0 Å². The summed E-state index contributed by atoms with van der Waals surface area (Å²) in [6.07, 6.45) is 2.03. The summed E-state index contributed by atoms with van der Waals surface area (Å²) in [5, 5.41) is 4.77. The topological polar surface area (TPSA) is 44.9 Å². The molecule has 2 aromatic carbocycles. The Morgan fingerprint density at radius 3 is 2.68 bits per heavy atom. The van der Waals surface area contributed by atoms with Crippen LogP contribution in [-0.4, -0.2) is 17.4 Å². The number of fused-ring (bicyclic) bond motifs is 1. The maximum absolute atomic E-state index is 12.7. The highest BCUT2D eigenvalue weighted by molar-refractivity contribution is 7.99. The first kappa shape index (κ1) is 17.9. The number of aromatic nitrogens is 1. The van der Waals surface area contributed by atoms with Gasteiger partial charge in [0, 0.05) is 27.4 Å². The number of aromatic amines is 1. The molecule has 0 atom stereocenters. The van der Waals surface area contributed by atoms with Gasteiger partial charge in [0.15, 0.2) is 0 Å². The Kier molecular flexibility index (Phi) is 5.71. The van der Waals surface area contributed by atoms with E-state index in [1.807, 2.05) is 31.2 Å². The molecule has 0 unspecified atom stereocenters. The SMILES string of the molecule is CCCCNC(=O)c1[nH]c2cc(C)ccc2c1Sc1ccc(Cl)cc1. The number of carbonyl (C=O) groups is 1. The summed E-state index contributed by atoms with van der Waals surface area (Å²) in [6.45, 7) is 4.85. The van der Waals surface area contributed by atoms with Crippen molar-refractivity contribution in [2.75, 3.05) is 6.54 Å². The highest BCUT2D eigenvalue weighted by Crippen LogP contribution is 2.37. The van der Waals surface area contributed by atoms with E-state index in [1.54, 1.807) is 11.8 Å². The average Bonchev–Trinajstić information content (AvgIpc) is 2.94. The molecule has 0 aliphatic carbocycles. The first-order valence-electron chi connectivity index (χ1n) is 8.42. The van der Waals surface area contributed by atoms with E-state index in [9.17, 15) is 4.79 Å². The second-order valence-electron chi connectivity index (χ2n) is 6.04. The van der Waals surface area contributed by atoms with Crippen LogP contribution in [0.15, 0.2) is 52.3 Å². The fourth-order valence-corrected chi connectivity index (χ4v) is 3.81. The van der Waals surface area contributed by atoms with Crippen LogP contribution in [0.25, 0.3) is 10.9 Å². The van der Waals surface area contributed by atoms with Gasteiger partial charge in [-0.25, -0.2) is 0 Å². The fraction of sp³-hybridized carbons (Fsp3) is 0.250. The van der Waals surface area contributed by atoms with Gasteiger partial charge in [-0.2, -0.15) is 0 Å². The molecule has 5 heteroatoms. The van der Waals surface area contributed by atoms with Gasteiger partial charge in [0.05, 0.1) is 4.90 Å². The summed E-state index contributed by atoms with van der Waals surface area (Å²) in [5.41, 5.74) is 2.77. The van der Waals surface area contributed by atoms with Crippen molar-refractivity contribution in [3.05, 3.63) is 58.7 Å². The van der Waals surface area contributed by atoms with E-state index in [4.69, 9.17) is 11.6 Å². The van der Waals surface area contributed by atoms with Gasteiger partial charge in [-0.3, -0.25) is 4.79 Å². The summed E-state index contributed by atoms with van der Waals surface area (Å²) in [6, 6.07) is 13.9. The van der Waals surface area contributed by atoms with Crippen molar-refractivity contribution < 1.29 is 4.79 Å². The van der Waals surface area contributed by atoms with Gasteiger partial charge in [0.25, 0.3) is 5.91 Å². The minimum Gasteiger partial charge on any atom is -0.351 e. The van der Waals surface area contributed by atoms with Crippen molar-refractivity contribution in [1.29, 1.82) is 0 Å². The van der Waals surface area contributed by atoms with Gasteiger partial charge in [0.1, 0.15) is 5.69 Å². The van der Waals surface area contributed by atoms with E-state index in [0.29, 0.717) is 17.3 Å². The molecule has 0 bridgehead atoms. The molecule has 3 rings (SSSR count). The normalized spacial score (nSPS) is 11.0. The molecule has 25 heavy (non-hydrogen) atoms. The molecule has 1 amide bonds. The molecule has 1 aromatic heterocycles. The molecule has 3 aromatic rings. The molecule has 0 aliphatic rings. The van der Waals surface area contributed by atoms with Gasteiger partial charge in [0.2, 0.25) is 0 Å². The number of H-pyrrole nitrogens is 1. The largest absolute Gasteiger partial charge is 0.351 e. The minimum absolute atomic E-state index is 0.0567. The zero-order chi connectivity index (χ0) is 17.8. The summed E-state index contributed by atoms with van der Waals surface area (Å²) < 4.78 is 0. The number of unbranched alkanes of at least 4 members (excludes halogenated alkanes) is 1. The van der Waals surface area contributed by atoms with Crippen molar-refractivity contribution in [3.63, 3.8) is 0 Å². The third-order valence-corrected chi connectivity index (χ3v) is 5.37. The van der Waals surface area contributed by atoms with Crippen LogP contribution in [0.4, 0.5) is 0 Å². The molecule has 3 nitrogen and oxygen atoms in total. The molecule has 1 heterocycles. The second-order valence-corrected chi connectivity index (χ2v) is 7.56. The van der Waals surface area contributed by atoms with Gasteiger partial charge in [-0.15, -0.1) is 0 Å². The van der Waals surface area contributed by atoms with Crippen LogP contribution >= 0.6 is 23.4 Å². The summed E-state index contributed by atoms with van der Waals surface area (Å²) >= 11 is 7.56. The van der Waals surface area contributed by atoms with Gasteiger partial charge in [-0.05, 0) is 49.2 Å². The molecular weight excluding hydrogens is 352 g/mol. The summed E-state index contributed by atoms with van der Waals surface area (Å²) in [7, 11) is 0. The Balaban J connectivity index is 1.99. The quantitative estimate of drug-likeness (QED) is 0.536. The van der Waals surface area contributed by atoms with E-state index >= 15 is 0 Å². The predicted octanol–water partition coefficient (Wildman–Crippen LogP) is 5.81. The Hall–Kier alpha value is -1.91. The van der Waals surface area contributed by atoms with E-state index in [-0.39, 0.29) is 5.91 Å². The first-order chi connectivity index (χ1) is 12.1. The van der Waals surface area contributed by atoms with Crippen LogP contribution in [0.1, 0.15) is 35.8 Å². The molecular formula is C20H21ClN2OS. The van der Waals surface area contributed by atoms with Gasteiger partial charge in [-0.1, -0.05) is 48.8 Å². The molecule has 0 spiro atoms. The molecule has 2 N–H and O–H groups in total. The number of amides is 1. The lowest BCUT2D eigenvalue weighted by Crippen LogP contribution is -2.25. The molecule has 0 radical (unpaired) electrons. The van der Waals surface area contributed by atoms with Crippen LogP contribution < -0.4 is 5.32 Å². The monoisotopic (exact) mass is 372 g/mol. The number of rotatable bonds is 6. The Labute approximate surface area is 157 Å². The maximum Gasteiger partial charge on any atom is 0.268 e. The Morgan fingerprint density at radius 1 is 1.20 bits per heavy atom. The lowest BCUT2D eigenvalue weighted by atomic mass is 10.2. The zero-order valence-corrected chi connectivity index (χ0v) is 15.9. The average molecular weight is 373 g/mol. The van der Waals surface area contributed by atoms with Crippen molar-refractivity contribution >= 4 is 40.2 Å². The van der Waals surface area contributed by atoms with E-state index < -0.39 is 0 Å². The molecule has 0 saturated heterocycles. The number of hydrogen-bond donors (Lipinski definition) is 2. The number of benzene rings is 2. The van der Waals surface area contributed by atoms with Crippen LogP contribution in [0, 0.1) is 6.92 Å². The van der Waals surface area contributed by atoms with Crippen molar-refractivity contribution in [2.45, 2.75) is 36.5 Å². The molecule has 0 fully saturated rings. The van der Waals surface area contributed by atoms with Crippen molar-refractivity contribution in [2.24, 2.45) is 0 Å². The lowest BCUT2D eigenvalue weighted by molar-refractivity contribution is 0.0946. The standard InChI is InChI=1S/C20H21ClN2OS/c1-3-4-11-22-20(24)18-19(25-15-8-6-14(21)7-9-15)16-10-5-13(2)12-17(16)23-18/h5-10,12,23H,3-4,11H2,1-2H3,(H,22,24). The Bertz CT molecular complexity index is 887. The highest BCUT2D eigenvalue weighted by Gasteiger charge is 2.18. The highest BCUT2D eigenvalue weighted by atomic mass is 35.5. The smallest absolute Gasteiger partial charge is 0.268 e. The van der Waals surface area contributed by atoms with Gasteiger partial charge < -0.3 is 10.3 Å². The predicted molar refractivity (Wildman–Crippen MR) is 106 cm³/mol. The van der Waals surface area contributed by atoms with Crippen molar-refractivity contribution in [3.8, 4) is 0 Å². The summed E-state index contributed by atoms with van der Waals surface area (Å²) in [4.78, 5) is 18.0. The molecule has 130 valence electrons. The summed E-state index contributed by atoms with van der Waals surface area (Å²) in [5.74, 6) is -0.0567. The number of nitrogens with one attached hydrogen (secondary N) is 2. The number of carbonyl (C=O) groups excluding carboxylic acids is 1. The van der Waals surface area contributed by atoms with Crippen LogP contribution in [0.2, 0.25) is 5.02 Å².